The van der Waals surface area contributed by atoms with Crippen molar-refractivity contribution in [2.45, 2.75) is 32.7 Å². The minimum Gasteiger partial charge on any atom is -0.292 e. The summed E-state index contributed by atoms with van der Waals surface area (Å²) >= 11 is 3.34. The monoisotopic (exact) mass is 367 g/mol. The fourth-order valence-electron chi connectivity index (χ4n) is 3.61. The summed E-state index contributed by atoms with van der Waals surface area (Å²) in [7, 11) is 0. The molecule has 1 unspecified atom stereocenters. The Morgan fingerprint density at radius 2 is 2.16 bits per heavy atom. The standard InChI is InChI=1S/C19H17N3OS2/c1-11-6-7-12-15(8-11)25-18-17(12)19(23)22(10-20-18)9-16-21-13-4-2-3-5-14(13)24-16/h2-5,10-11H,6-9H2,1H3. The third kappa shape index (κ3) is 2.51. The van der Waals surface area contributed by atoms with Crippen LogP contribution in [0.1, 0.15) is 28.8 Å². The van der Waals surface area contributed by atoms with E-state index in [1.54, 1.807) is 33.6 Å². The number of hydrogen-bond acceptors (Lipinski definition) is 5. The smallest absolute Gasteiger partial charge is 0.262 e. The van der Waals surface area contributed by atoms with Crippen molar-refractivity contribution >= 4 is 43.1 Å². The van der Waals surface area contributed by atoms with Gasteiger partial charge in [-0.3, -0.25) is 9.36 Å². The fraction of sp³-hybridized carbons (Fsp3) is 0.316. The zero-order valence-corrected chi connectivity index (χ0v) is 15.5. The minimum absolute atomic E-state index is 0.0799. The average Bonchev–Trinajstić information content (AvgIpc) is 3.17. The zero-order chi connectivity index (χ0) is 17.0. The molecule has 0 saturated heterocycles. The molecule has 4 nitrogen and oxygen atoms in total. The normalized spacial score (nSPS) is 17.2. The molecule has 6 heteroatoms. The van der Waals surface area contributed by atoms with E-state index in [2.05, 4.69) is 23.0 Å². The van der Waals surface area contributed by atoms with Crippen molar-refractivity contribution < 1.29 is 0 Å². The van der Waals surface area contributed by atoms with Gasteiger partial charge in [-0.2, -0.15) is 0 Å². The number of aromatic nitrogens is 3. The fourth-order valence-corrected chi connectivity index (χ4v) is 5.92. The first-order chi connectivity index (χ1) is 12.2. The number of benzene rings is 1. The van der Waals surface area contributed by atoms with Crippen LogP contribution in [0.25, 0.3) is 20.4 Å². The van der Waals surface area contributed by atoms with Crippen LogP contribution in [0.5, 0.6) is 0 Å². The van der Waals surface area contributed by atoms with Crippen molar-refractivity contribution in [2.24, 2.45) is 5.92 Å². The third-order valence-electron chi connectivity index (χ3n) is 4.93. The van der Waals surface area contributed by atoms with Crippen LogP contribution >= 0.6 is 22.7 Å². The lowest BCUT2D eigenvalue weighted by atomic mass is 9.89. The predicted octanol–water partition coefficient (Wildman–Crippen LogP) is 4.24. The summed E-state index contributed by atoms with van der Waals surface area (Å²) in [5.41, 5.74) is 2.32. The second-order valence-corrected chi connectivity index (χ2v) is 8.98. The van der Waals surface area contributed by atoms with Gasteiger partial charge in [0.25, 0.3) is 5.56 Å². The lowest BCUT2D eigenvalue weighted by molar-refractivity contribution is 0.509. The predicted molar refractivity (Wildman–Crippen MR) is 104 cm³/mol. The first-order valence-corrected chi connectivity index (χ1v) is 10.2. The van der Waals surface area contributed by atoms with Crippen LogP contribution in [0.4, 0.5) is 0 Å². The number of hydrogen-bond donors (Lipinski definition) is 0. The summed E-state index contributed by atoms with van der Waals surface area (Å²) in [6.07, 6.45) is 4.92. The van der Waals surface area contributed by atoms with E-state index in [9.17, 15) is 4.79 Å². The highest BCUT2D eigenvalue weighted by Gasteiger charge is 2.23. The van der Waals surface area contributed by atoms with Gasteiger partial charge in [0, 0.05) is 4.88 Å². The molecule has 0 amide bonds. The van der Waals surface area contributed by atoms with Crippen LogP contribution in [0.15, 0.2) is 35.4 Å². The summed E-state index contributed by atoms with van der Waals surface area (Å²) in [6.45, 7) is 2.77. The number of aryl methyl sites for hydroxylation is 1. The molecule has 4 aromatic rings. The Bertz CT molecular complexity index is 1120. The summed E-state index contributed by atoms with van der Waals surface area (Å²) in [5, 5.41) is 1.79. The van der Waals surface area contributed by atoms with Crippen LogP contribution in [0.2, 0.25) is 0 Å². The van der Waals surface area contributed by atoms with Crippen molar-refractivity contribution in [3.05, 3.63) is 56.4 Å². The lowest BCUT2D eigenvalue weighted by Gasteiger charge is -2.17. The second kappa shape index (κ2) is 5.75. The molecule has 0 bridgehead atoms. The molecule has 3 heterocycles. The summed E-state index contributed by atoms with van der Waals surface area (Å²) in [4.78, 5) is 24.5. The van der Waals surface area contributed by atoms with E-state index in [0.29, 0.717) is 12.5 Å². The molecule has 5 rings (SSSR count). The zero-order valence-electron chi connectivity index (χ0n) is 13.9. The van der Waals surface area contributed by atoms with Gasteiger partial charge in [0.05, 0.1) is 28.5 Å². The number of thiophene rings is 1. The highest BCUT2D eigenvalue weighted by molar-refractivity contribution is 7.19. The molecule has 0 N–H and O–H groups in total. The first kappa shape index (κ1) is 15.2. The molecule has 0 fully saturated rings. The van der Waals surface area contributed by atoms with Gasteiger partial charge >= 0.3 is 0 Å². The molecule has 25 heavy (non-hydrogen) atoms. The average molecular weight is 367 g/mol. The maximum absolute atomic E-state index is 13.1. The van der Waals surface area contributed by atoms with Crippen molar-refractivity contribution in [1.29, 1.82) is 0 Å². The van der Waals surface area contributed by atoms with Crippen LogP contribution in [-0.4, -0.2) is 14.5 Å². The van der Waals surface area contributed by atoms with Crippen LogP contribution in [0, 0.1) is 5.92 Å². The van der Waals surface area contributed by atoms with Crippen LogP contribution in [-0.2, 0) is 19.4 Å². The molecule has 0 aliphatic heterocycles. The van der Waals surface area contributed by atoms with Gasteiger partial charge in [-0.1, -0.05) is 19.1 Å². The molecule has 0 spiro atoms. The van der Waals surface area contributed by atoms with Gasteiger partial charge in [0.1, 0.15) is 9.84 Å². The Hall–Kier alpha value is -2.05. The quantitative estimate of drug-likeness (QED) is 0.532. The van der Waals surface area contributed by atoms with Crippen molar-refractivity contribution in [3.63, 3.8) is 0 Å². The molecular formula is C19H17N3OS2. The largest absolute Gasteiger partial charge is 0.292 e. The van der Waals surface area contributed by atoms with Gasteiger partial charge in [-0.25, -0.2) is 9.97 Å². The molecule has 0 radical (unpaired) electrons. The number of fused-ring (bicyclic) bond motifs is 4. The van der Waals surface area contributed by atoms with Gasteiger partial charge in [0.2, 0.25) is 0 Å². The second-order valence-electron chi connectivity index (χ2n) is 6.78. The number of para-hydroxylation sites is 1. The van der Waals surface area contributed by atoms with Crippen LogP contribution in [0.3, 0.4) is 0 Å². The summed E-state index contributed by atoms with van der Waals surface area (Å²) in [5.74, 6) is 0.700. The van der Waals surface area contributed by atoms with Gasteiger partial charge in [0.15, 0.2) is 0 Å². The topological polar surface area (TPSA) is 47.8 Å². The van der Waals surface area contributed by atoms with E-state index in [-0.39, 0.29) is 5.56 Å². The Balaban J connectivity index is 1.59. The van der Waals surface area contributed by atoms with Crippen molar-refractivity contribution in [3.8, 4) is 0 Å². The maximum Gasteiger partial charge on any atom is 0.262 e. The van der Waals surface area contributed by atoms with E-state index in [0.717, 1.165) is 44.7 Å². The molecule has 1 aromatic carbocycles. The van der Waals surface area contributed by atoms with Gasteiger partial charge < -0.3 is 0 Å². The van der Waals surface area contributed by atoms with E-state index in [1.165, 1.54) is 10.4 Å². The van der Waals surface area contributed by atoms with Crippen LogP contribution < -0.4 is 5.56 Å². The molecule has 1 atom stereocenters. The van der Waals surface area contributed by atoms with Gasteiger partial charge in [-0.15, -0.1) is 22.7 Å². The van der Waals surface area contributed by atoms with E-state index >= 15 is 0 Å². The third-order valence-corrected chi connectivity index (χ3v) is 7.11. The Morgan fingerprint density at radius 3 is 3.04 bits per heavy atom. The first-order valence-electron chi connectivity index (χ1n) is 8.53. The molecule has 126 valence electrons. The van der Waals surface area contributed by atoms with Gasteiger partial charge in [-0.05, 0) is 42.9 Å². The molecule has 3 aromatic heterocycles. The Labute approximate surface area is 152 Å². The highest BCUT2D eigenvalue weighted by atomic mass is 32.1. The SMILES string of the molecule is CC1CCc2c(sc3ncn(Cc4nc5ccccc5s4)c(=O)c23)C1. The maximum atomic E-state index is 13.1. The van der Waals surface area contributed by atoms with E-state index < -0.39 is 0 Å². The Kier molecular flexibility index (Phi) is 3.50. The lowest BCUT2D eigenvalue weighted by Crippen LogP contribution is -2.22. The Morgan fingerprint density at radius 1 is 1.28 bits per heavy atom. The highest BCUT2D eigenvalue weighted by Crippen LogP contribution is 2.35. The minimum atomic E-state index is 0.0799. The van der Waals surface area contributed by atoms with Crippen molar-refractivity contribution in [1.82, 2.24) is 14.5 Å². The summed E-state index contributed by atoms with van der Waals surface area (Å²) in [6, 6.07) is 8.08. The number of nitrogens with zero attached hydrogens (tertiary/aromatic N) is 3. The molecule has 1 aliphatic rings. The molecule has 1 aliphatic carbocycles. The van der Waals surface area contributed by atoms with E-state index in [1.807, 2.05) is 18.2 Å². The number of rotatable bonds is 2. The molecule has 0 saturated carbocycles. The summed E-state index contributed by atoms with van der Waals surface area (Å²) < 4.78 is 2.87. The number of thiazole rings is 1. The van der Waals surface area contributed by atoms with E-state index in [4.69, 9.17) is 0 Å². The van der Waals surface area contributed by atoms with Crippen molar-refractivity contribution in [2.75, 3.05) is 0 Å². The molecular weight excluding hydrogens is 350 g/mol.